The summed E-state index contributed by atoms with van der Waals surface area (Å²) in [6, 6.07) is 10.2. The van der Waals surface area contributed by atoms with E-state index in [1.165, 1.54) is 12.1 Å². The Labute approximate surface area is 136 Å². The Balaban J connectivity index is 1.60. The van der Waals surface area contributed by atoms with Crippen molar-refractivity contribution in [2.45, 2.75) is 13.1 Å². The number of benzene rings is 1. The molecule has 0 radical (unpaired) electrons. The van der Waals surface area contributed by atoms with Gasteiger partial charge in [0.25, 0.3) is 0 Å². The molecule has 3 aromatic rings. The van der Waals surface area contributed by atoms with Crippen molar-refractivity contribution in [2.75, 3.05) is 0 Å². The van der Waals surface area contributed by atoms with E-state index < -0.39 is 0 Å². The highest BCUT2D eigenvalue weighted by Gasteiger charge is 2.08. The van der Waals surface area contributed by atoms with Gasteiger partial charge in [-0.15, -0.1) is 11.3 Å². The molecular formula is C16H13ClFN3S. The van der Waals surface area contributed by atoms with Gasteiger partial charge in [0.05, 0.1) is 4.88 Å². The average Bonchev–Trinajstić information content (AvgIpc) is 2.98. The third kappa shape index (κ3) is 3.68. The molecule has 0 atom stereocenters. The van der Waals surface area contributed by atoms with Gasteiger partial charge < -0.3 is 5.32 Å². The monoisotopic (exact) mass is 333 g/mol. The summed E-state index contributed by atoms with van der Waals surface area (Å²) in [5, 5.41) is 4.75. The van der Waals surface area contributed by atoms with Gasteiger partial charge in [-0.05, 0) is 29.8 Å². The fourth-order valence-corrected chi connectivity index (χ4v) is 3.19. The van der Waals surface area contributed by atoms with Crippen molar-refractivity contribution in [3.8, 4) is 10.4 Å². The van der Waals surface area contributed by atoms with E-state index in [2.05, 4.69) is 15.3 Å². The molecule has 2 heterocycles. The molecule has 22 heavy (non-hydrogen) atoms. The molecule has 0 aliphatic rings. The molecule has 1 aromatic carbocycles. The van der Waals surface area contributed by atoms with Crippen molar-refractivity contribution >= 4 is 22.9 Å². The number of thiazole rings is 1. The summed E-state index contributed by atoms with van der Waals surface area (Å²) in [6.07, 6.45) is 3.47. The number of pyridine rings is 1. The minimum absolute atomic E-state index is 0.221. The molecular weight excluding hydrogens is 321 g/mol. The minimum atomic E-state index is -0.221. The van der Waals surface area contributed by atoms with Gasteiger partial charge >= 0.3 is 0 Å². The topological polar surface area (TPSA) is 37.8 Å². The lowest BCUT2D eigenvalue weighted by Gasteiger charge is -2.02. The van der Waals surface area contributed by atoms with Gasteiger partial charge in [0.1, 0.15) is 16.0 Å². The van der Waals surface area contributed by atoms with Gasteiger partial charge in [-0.3, -0.25) is 0 Å². The zero-order valence-corrected chi connectivity index (χ0v) is 13.2. The van der Waals surface area contributed by atoms with Crippen LogP contribution in [-0.4, -0.2) is 9.97 Å². The van der Waals surface area contributed by atoms with Crippen LogP contribution < -0.4 is 5.32 Å². The number of nitrogens with one attached hydrogen (secondary N) is 1. The van der Waals surface area contributed by atoms with Crippen molar-refractivity contribution in [1.29, 1.82) is 0 Å². The van der Waals surface area contributed by atoms with E-state index in [1.807, 2.05) is 18.3 Å². The van der Waals surface area contributed by atoms with E-state index in [0.29, 0.717) is 18.2 Å². The van der Waals surface area contributed by atoms with Crippen LogP contribution in [-0.2, 0) is 13.1 Å². The van der Waals surface area contributed by atoms with E-state index in [4.69, 9.17) is 11.6 Å². The second kappa shape index (κ2) is 6.96. The van der Waals surface area contributed by atoms with Gasteiger partial charge in [-0.2, -0.15) is 0 Å². The zero-order chi connectivity index (χ0) is 15.4. The first-order valence-corrected chi connectivity index (χ1v) is 7.92. The van der Waals surface area contributed by atoms with Crippen LogP contribution in [0, 0.1) is 5.82 Å². The lowest BCUT2D eigenvalue weighted by atomic mass is 10.2. The molecule has 3 rings (SSSR count). The van der Waals surface area contributed by atoms with Crippen LogP contribution in [0.15, 0.2) is 48.8 Å². The Morgan fingerprint density at radius 2 is 1.91 bits per heavy atom. The van der Waals surface area contributed by atoms with Crippen LogP contribution in [0.5, 0.6) is 0 Å². The number of hydrogen-bond donors (Lipinski definition) is 1. The Bertz CT molecular complexity index is 758. The zero-order valence-electron chi connectivity index (χ0n) is 11.6. The summed E-state index contributed by atoms with van der Waals surface area (Å²) < 4.78 is 12.8. The second-order valence-corrected chi connectivity index (χ2v) is 6.16. The lowest BCUT2D eigenvalue weighted by Crippen LogP contribution is -2.12. The molecule has 0 amide bonds. The summed E-state index contributed by atoms with van der Waals surface area (Å²) >= 11 is 7.67. The predicted octanol–water partition coefficient (Wildman–Crippen LogP) is 4.29. The molecule has 2 aromatic heterocycles. The molecule has 0 aliphatic heterocycles. The molecule has 0 aliphatic carbocycles. The second-order valence-electron chi connectivity index (χ2n) is 4.69. The smallest absolute Gasteiger partial charge is 0.137 e. The first-order valence-electron chi connectivity index (χ1n) is 6.73. The van der Waals surface area contributed by atoms with Crippen LogP contribution in [0.25, 0.3) is 10.4 Å². The maximum Gasteiger partial charge on any atom is 0.137 e. The predicted molar refractivity (Wildman–Crippen MR) is 87.3 cm³/mol. The summed E-state index contributed by atoms with van der Waals surface area (Å²) in [5.41, 5.74) is 1.93. The van der Waals surface area contributed by atoms with Crippen LogP contribution in [0.1, 0.15) is 10.6 Å². The summed E-state index contributed by atoms with van der Waals surface area (Å²) in [7, 11) is 0. The normalized spacial score (nSPS) is 10.8. The number of nitrogens with zero attached hydrogens (tertiary/aromatic N) is 2. The Kier molecular flexibility index (Phi) is 4.77. The van der Waals surface area contributed by atoms with Gasteiger partial charge in [-0.1, -0.05) is 23.7 Å². The number of hydrogen-bond acceptors (Lipinski definition) is 4. The fraction of sp³-hybridized carbons (Fsp3) is 0.125. The van der Waals surface area contributed by atoms with Gasteiger partial charge in [-0.25, -0.2) is 14.4 Å². The molecule has 0 saturated carbocycles. The lowest BCUT2D eigenvalue weighted by molar-refractivity contribution is 0.625. The third-order valence-corrected chi connectivity index (χ3v) is 4.43. The first kappa shape index (κ1) is 15.1. The Morgan fingerprint density at radius 1 is 1.09 bits per heavy atom. The maximum atomic E-state index is 12.8. The number of halogens is 2. The van der Waals surface area contributed by atoms with Crippen molar-refractivity contribution in [1.82, 2.24) is 15.3 Å². The standard InChI is InChI=1S/C16H13ClFN3S/c17-16-13(2-1-7-20-16)14-9-21-15(22-14)10-19-8-11-3-5-12(18)6-4-11/h1-7,9,19H,8,10H2. The van der Waals surface area contributed by atoms with Crippen LogP contribution >= 0.6 is 22.9 Å². The molecule has 6 heteroatoms. The van der Waals surface area contributed by atoms with E-state index in [1.54, 1.807) is 29.7 Å². The third-order valence-electron chi connectivity index (χ3n) is 3.10. The van der Waals surface area contributed by atoms with Crippen molar-refractivity contribution in [3.05, 3.63) is 70.3 Å². The van der Waals surface area contributed by atoms with Crippen LogP contribution in [0.3, 0.4) is 0 Å². The quantitative estimate of drug-likeness (QED) is 0.708. The fourth-order valence-electron chi connectivity index (χ4n) is 2.00. The van der Waals surface area contributed by atoms with E-state index in [-0.39, 0.29) is 5.82 Å². The van der Waals surface area contributed by atoms with Crippen LogP contribution in [0.2, 0.25) is 5.15 Å². The molecule has 112 valence electrons. The largest absolute Gasteiger partial charge is 0.306 e. The molecule has 0 fully saturated rings. The summed E-state index contributed by atoms with van der Waals surface area (Å²) in [5.74, 6) is -0.221. The Hall–Kier alpha value is -1.82. The molecule has 0 bridgehead atoms. The van der Waals surface area contributed by atoms with Gasteiger partial charge in [0.15, 0.2) is 0 Å². The van der Waals surface area contributed by atoms with E-state index >= 15 is 0 Å². The minimum Gasteiger partial charge on any atom is -0.306 e. The maximum absolute atomic E-state index is 12.8. The molecule has 0 unspecified atom stereocenters. The van der Waals surface area contributed by atoms with Crippen molar-refractivity contribution in [3.63, 3.8) is 0 Å². The number of rotatable bonds is 5. The molecule has 0 spiro atoms. The molecule has 3 nitrogen and oxygen atoms in total. The van der Waals surface area contributed by atoms with Crippen LogP contribution in [0.4, 0.5) is 4.39 Å². The summed E-state index contributed by atoms with van der Waals surface area (Å²) in [6.45, 7) is 1.32. The average molecular weight is 334 g/mol. The number of aromatic nitrogens is 2. The van der Waals surface area contributed by atoms with E-state index in [0.717, 1.165) is 21.0 Å². The summed E-state index contributed by atoms with van der Waals surface area (Å²) in [4.78, 5) is 9.46. The van der Waals surface area contributed by atoms with Gasteiger partial charge in [0, 0.05) is 31.0 Å². The Morgan fingerprint density at radius 3 is 2.68 bits per heavy atom. The van der Waals surface area contributed by atoms with E-state index in [9.17, 15) is 4.39 Å². The SMILES string of the molecule is Fc1ccc(CNCc2ncc(-c3cccnc3Cl)s2)cc1. The molecule has 0 saturated heterocycles. The highest BCUT2D eigenvalue weighted by molar-refractivity contribution is 7.15. The van der Waals surface area contributed by atoms with Gasteiger partial charge in [0.2, 0.25) is 0 Å². The highest BCUT2D eigenvalue weighted by Crippen LogP contribution is 2.30. The highest BCUT2D eigenvalue weighted by atomic mass is 35.5. The van der Waals surface area contributed by atoms with Crippen molar-refractivity contribution < 1.29 is 4.39 Å². The van der Waals surface area contributed by atoms with Crippen molar-refractivity contribution in [2.24, 2.45) is 0 Å². The first-order chi connectivity index (χ1) is 10.7. The molecule has 1 N–H and O–H groups in total.